The van der Waals surface area contributed by atoms with Gasteiger partial charge in [0.2, 0.25) is 0 Å². The van der Waals surface area contributed by atoms with Crippen LogP contribution in [0.15, 0.2) is 0 Å². The summed E-state index contributed by atoms with van der Waals surface area (Å²) >= 11 is 1.51. The van der Waals surface area contributed by atoms with Gasteiger partial charge < -0.3 is 14.5 Å². The van der Waals surface area contributed by atoms with Crippen molar-refractivity contribution in [3.8, 4) is 0 Å². The maximum absolute atomic E-state index is 11.4. The summed E-state index contributed by atoms with van der Waals surface area (Å²) in [5.74, 6) is -0.369. The van der Waals surface area contributed by atoms with Gasteiger partial charge in [0.15, 0.2) is 10.8 Å². The number of thiazole rings is 1. The Kier molecular flexibility index (Phi) is 4.89. The van der Waals surface area contributed by atoms with Gasteiger partial charge in [0.05, 0.1) is 7.11 Å². The molecule has 0 radical (unpaired) electrons. The van der Waals surface area contributed by atoms with Crippen molar-refractivity contribution in [3.05, 3.63) is 10.6 Å². The highest BCUT2D eigenvalue weighted by Crippen LogP contribution is 2.25. The molecule has 0 saturated heterocycles. The van der Waals surface area contributed by atoms with E-state index in [1.165, 1.54) is 18.4 Å². The Bertz CT molecular complexity index is 390. The number of methoxy groups -OCH3 is 1. The summed E-state index contributed by atoms with van der Waals surface area (Å²) in [5.41, 5.74) is 0.421. The van der Waals surface area contributed by atoms with Crippen LogP contribution in [-0.4, -0.2) is 57.2 Å². The molecule has 0 N–H and O–H groups in total. The second-order valence-corrected chi connectivity index (χ2v) is 5.30. The standard InChI is InChI=1S/C11H19N3O2S/c1-8-9(10(15)16-5)12-11(17-8)14(4)7-6-13(2)3/h6-7H2,1-5H3. The molecule has 0 aliphatic heterocycles. The fourth-order valence-electron chi connectivity index (χ4n) is 1.28. The van der Waals surface area contributed by atoms with Crippen molar-refractivity contribution in [3.63, 3.8) is 0 Å². The summed E-state index contributed by atoms with van der Waals surface area (Å²) in [6.07, 6.45) is 0. The number of carbonyl (C=O) groups is 1. The number of likely N-dealkylation sites (N-methyl/N-ethyl adjacent to an activating group) is 2. The minimum Gasteiger partial charge on any atom is -0.464 e. The van der Waals surface area contributed by atoms with Crippen LogP contribution in [0.1, 0.15) is 15.4 Å². The molecule has 0 aliphatic carbocycles. The van der Waals surface area contributed by atoms with Gasteiger partial charge in [0, 0.05) is 25.0 Å². The number of carbonyl (C=O) groups excluding carboxylic acids is 1. The van der Waals surface area contributed by atoms with Crippen molar-refractivity contribution >= 4 is 22.4 Å². The first-order valence-electron chi connectivity index (χ1n) is 5.37. The maximum atomic E-state index is 11.4. The summed E-state index contributed by atoms with van der Waals surface area (Å²) in [7, 11) is 7.40. The van der Waals surface area contributed by atoms with E-state index in [2.05, 4.69) is 14.6 Å². The molecule has 0 atom stereocenters. The Hall–Kier alpha value is -1.14. The lowest BCUT2D eigenvalue weighted by atomic mass is 10.4. The van der Waals surface area contributed by atoms with Crippen LogP contribution in [0.3, 0.4) is 0 Å². The van der Waals surface area contributed by atoms with Crippen LogP contribution >= 0.6 is 11.3 Å². The quantitative estimate of drug-likeness (QED) is 0.743. The lowest BCUT2D eigenvalue weighted by molar-refractivity contribution is 0.0594. The zero-order chi connectivity index (χ0) is 13.0. The number of nitrogens with zero attached hydrogens (tertiary/aromatic N) is 3. The Labute approximate surface area is 106 Å². The number of aromatic nitrogens is 1. The minimum absolute atomic E-state index is 0.369. The second kappa shape index (κ2) is 5.97. The maximum Gasteiger partial charge on any atom is 0.357 e. The Morgan fingerprint density at radius 2 is 2.00 bits per heavy atom. The SMILES string of the molecule is COC(=O)c1nc(N(C)CCN(C)C)sc1C. The molecule has 0 unspecified atom stereocenters. The molecule has 0 spiro atoms. The van der Waals surface area contributed by atoms with Crippen LogP contribution in [0.4, 0.5) is 5.13 Å². The molecule has 5 nitrogen and oxygen atoms in total. The van der Waals surface area contributed by atoms with E-state index in [-0.39, 0.29) is 5.97 Å². The van der Waals surface area contributed by atoms with Crippen LogP contribution in [0, 0.1) is 6.92 Å². The molecule has 1 aromatic rings. The molecule has 6 heteroatoms. The van der Waals surface area contributed by atoms with E-state index < -0.39 is 0 Å². The molecular weight excluding hydrogens is 238 g/mol. The monoisotopic (exact) mass is 257 g/mol. The predicted octanol–water partition coefficient (Wildman–Crippen LogP) is 1.24. The Morgan fingerprint density at radius 3 is 2.53 bits per heavy atom. The van der Waals surface area contributed by atoms with Crippen molar-refractivity contribution in [2.75, 3.05) is 46.2 Å². The fraction of sp³-hybridized carbons (Fsp3) is 0.636. The topological polar surface area (TPSA) is 45.7 Å². The summed E-state index contributed by atoms with van der Waals surface area (Å²) in [5, 5.41) is 0.852. The van der Waals surface area contributed by atoms with Crippen molar-refractivity contribution in [1.82, 2.24) is 9.88 Å². The smallest absolute Gasteiger partial charge is 0.357 e. The number of hydrogen-bond acceptors (Lipinski definition) is 6. The van der Waals surface area contributed by atoms with Gasteiger partial charge in [-0.15, -0.1) is 11.3 Å². The van der Waals surface area contributed by atoms with Crippen LogP contribution < -0.4 is 4.90 Å². The number of hydrogen-bond donors (Lipinski definition) is 0. The highest BCUT2D eigenvalue weighted by molar-refractivity contribution is 7.15. The van der Waals surface area contributed by atoms with Gasteiger partial charge in [0.1, 0.15) is 0 Å². The van der Waals surface area contributed by atoms with Gasteiger partial charge in [-0.3, -0.25) is 0 Å². The molecule has 96 valence electrons. The van der Waals surface area contributed by atoms with Gasteiger partial charge in [0.25, 0.3) is 0 Å². The first-order valence-corrected chi connectivity index (χ1v) is 6.19. The van der Waals surface area contributed by atoms with Gasteiger partial charge in [-0.1, -0.05) is 0 Å². The summed E-state index contributed by atoms with van der Waals surface area (Å²) < 4.78 is 4.69. The van der Waals surface area contributed by atoms with E-state index in [0.717, 1.165) is 23.1 Å². The third kappa shape index (κ3) is 3.67. The van der Waals surface area contributed by atoms with E-state index >= 15 is 0 Å². The van der Waals surface area contributed by atoms with E-state index in [9.17, 15) is 4.79 Å². The molecule has 0 aliphatic rings. The van der Waals surface area contributed by atoms with Crippen molar-refractivity contribution in [2.45, 2.75) is 6.92 Å². The van der Waals surface area contributed by atoms with Gasteiger partial charge >= 0.3 is 5.97 Å². The molecule has 1 rings (SSSR count). The third-order valence-corrected chi connectivity index (χ3v) is 3.46. The van der Waals surface area contributed by atoms with Crippen LogP contribution in [0.2, 0.25) is 0 Å². The Balaban J connectivity index is 2.75. The van der Waals surface area contributed by atoms with Gasteiger partial charge in [-0.25, -0.2) is 9.78 Å². The zero-order valence-corrected chi connectivity index (χ0v) is 11.8. The molecular formula is C11H19N3O2S. The number of esters is 1. The van der Waals surface area contributed by atoms with Crippen molar-refractivity contribution in [2.24, 2.45) is 0 Å². The van der Waals surface area contributed by atoms with E-state index in [1.807, 2.05) is 33.0 Å². The average Bonchev–Trinajstić information content (AvgIpc) is 2.67. The second-order valence-electron chi connectivity index (χ2n) is 4.12. The molecule has 0 amide bonds. The molecule has 0 aromatic carbocycles. The molecule has 0 fully saturated rings. The Morgan fingerprint density at radius 1 is 1.35 bits per heavy atom. The normalized spacial score (nSPS) is 10.7. The average molecular weight is 257 g/mol. The van der Waals surface area contributed by atoms with Gasteiger partial charge in [-0.2, -0.15) is 0 Å². The van der Waals surface area contributed by atoms with E-state index in [1.54, 1.807) is 0 Å². The first-order chi connectivity index (χ1) is 7.95. The van der Waals surface area contributed by atoms with Crippen LogP contribution in [-0.2, 0) is 4.74 Å². The number of rotatable bonds is 5. The van der Waals surface area contributed by atoms with Crippen molar-refractivity contribution < 1.29 is 9.53 Å². The zero-order valence-electron chi connectivity index (χ0n) is 11.0. The van der Waals surface area contributed by atoms with E-state index in [0.29, 0.717) is 5.69 Å². The summed E-state index contributed by atoms with van der Waals surface area (Å²) in [6.45, 7) is 3.70. The van der Waals surface area contributed by atoms with Crippen LogP contribution in [0.25, 0.3) is 0 Å². The number of ether oxygens (including phenoxy) is 1. The van der Waals surface area contributed by atoms with Crippen LogP contribution in [0.5, 0.6) is 0 Å². The van der Waals surface area contributed by atoms with E-state index in [4.69, 9.17) is 0 Å². The summed E-state index contributed by atoms with van der Waals surface area (Å²) in [4.78, 5) is 20.8. The number of aryl methyl sites for hydroxylation is 1. The first kappa shape index (κ1) is 13.9. The number of anilines is 1. The molecule has 0 saturated carbocycles. The lowest BCUT2D eigenvalue weighted by Crippen LogP contribution is -2.28. The molecule has 1 heterocycles. The molecule has 1 aromatic heterocycles. The third-order valence-electron chi connectivity index (χ3n) is 2.37. The predicted molar refractivity (Wildman–Crippen MR) is 70.0 cm³/mol. The largest absolute Gasteiger partial charge is 0.464 e. The summed E-state index contributed by atoms with van der Waals surface area (Å²) in [6, 6.07) is 0. The fourth-order valence-corrected chi connectivity index (χ4v) is 2.16. The van der Waals surface area contributed by atoms with Crippen molar-refractivity contribution in [1.29, 1.82) is 0 Å². The van der Waals surface area contributed by atoms with Gasteiger partial charge in [-0.05, 0) is 21.0 Å². The molecule has 17 heavy (non-hydrogen) atoms. The minimum atomic E-state index is -0.369. The highest BCUT2D eigenvalue weighted by Gasteiger charge is 2.17. The highest BCUT2D eigenvalue weighted by atomic mass is 32.1. The molecule has 0 bridgehead atoms. The lowest BCUT2D eigenvalue weighted by Gasteiger charge is -2.18.